The van der Waals surface area contributed by atoms with E-state index in [1.807, 2.05) is 0 Å². The van der Waals surface area contributed by atoms with Crippen molar-refractivity contribution in [2.75, 3.05) is 6.61 Å². The molecule has 98 valence electrons. The molecule has 0 saturated heterocycles. The molecule has 0 bridgehead atoms. The first-order chi connectivity index (χ1) is 7.72. The molecule has 1 fully saturated rings. The van der Waals surface area contributed by atoms with Crippen molar-refractivity contribution in [2.24, 2.45) is 0 Å². The summed E-state index contributed by atoms with van der Waals surface area (Å²) in [4.78, 5) is 21.5. The van der Waals surface area contributed by atoms with Crippen molar-refractivity contribution in [3.8, 4) is 0 Å². The maximum atomic E-state index is 12.4. The van der Waals surface area contributed by atoms with Crippen LogP contribution in [0.15, 0.2) is 0 Å². The van der Waals surface area contributed by atoms with Crippen molar-refractivity contribution in [1.82, 2.24) is 10.6 Å². The van der Waals surface area contributed by atoms with Crippen LogP contribution in [0.4, 0.5) is 18.0 Å². The average Bonchev–Trinajstić information content (AvgIpc) is 2.93. The smallest absolute Gasteiger partial charge is 0.411 e. The van der Waals surface area contributed by atoms with Gasteiger partial charge >= 0.3 is 18.2 Å². The quantitative estimate of drug-likeness (QED) is 0.561. The molecule has 0 heterocycles. The fraction of sp³-hybridized carbons (Fsp3) is 0.750. The number of rotatable bonds is 4. The van der Waals surface area contributed by atoms with Gasteiger partial charge in [0.1, 0.15) is 5.54 Å². The highest BCUT2D eigenvalue weighted by molar-refractivity contribution is 5.83. The Morgan fingerprint density at radius 2 is 1.88 bits per heavy atom. The number of hydrogen-bond acceptors (Lipinski definition) is 3. The molecule has 6 nitrogen and oxygen atoms in total. The summed E-state index contributed by atoms with van der Waals surface area (Å²) in [6.45, 7) is -0.901. The topological polar surface area (TPSA) is 98.7 Å². The molecule has 0 aromatic rings. The number of alkyl halides is 3. The second kappa shape index (κ2) is 4.40. The lowest BCUT2D eigenvalue weighted by Gasteiger charge is -2.22. The van der Waals surface area contributed by atoms with Crippen molar-refractivity contribution in [1.29, 1.82) is 0 Å². The summed E-state index contributed by atoms with van der Waals surface area (Å²) in [7, 11) is 0. The van der Waals surface area contributed by atoms with Gasteiger partial charge in [-0.1, -0.05) is 0 Å². The minimum atomic E-state index is -4.57. The largest absolute Gasteiger partial charge is 0.480 e. The van der Waals surface area contributed by atoms with Crippen LogP contribution in [0.5, 0.6) is 0 Å². The number of hydrogen-bond donors (Lipinski definition) is 4. The van der Waals surface area contributed by atoms with Crippen LogP contribution in [0, 0.1) is 0 Å². The molecule has 1 saturated carbocycles. The molecule has 0 radical (unpaired) electrons. The first-order valence-corrected chi connectivity index (χ1v) is 4.71. The van der Waals surface area contributed by atoms with Crippen LogP contribution in [0.3, 0.4) is 0 Å². The van der Waals surface area contributed by atoms with E-state index in [2.05, 4.69) is 0 Å². The lowest BCUT2D eigenvalue weighted by atomic mass is 10.2. The first-order valence-electron chi connectivity index (χ1n) is 4.71. The fourth-order valence-corrected chi connectivity index (χ4v) is 1.20. The zero-order valence-corrected chi connectivity index (χ0v) is 8.54. The van der Waals surface area contributed by atoms with Crippen molar-refractivity contribution in [3.05, 3.63) is 0 Å². The van der Waals surface area contributed by atoms with E-state index in [4.69, 9.17) is 10.2 Å². The second-order valence-corrected chi connectivity index (χ2v) is 3.75. The molecule has 4 N–H and O–H groups in total. The Morgan fingerprint density at radius 1 is 1.35 bits per heavy atom. The molecule has 2 amide bonds. The van der Waals surface area contributed by atoms with Gasteiger partial charge < -0.3 is 20.8 Å². The maximum Gasteiger partial charge on any atom is 0.411 e. The van der Waals surface area contributed by atoms with Gasteiger partial charge in [0, 0.05) is 0 Å². The normalized spacial score (nSPS) is 19.3. The number of amides is 2. The Morgan fingerprint density at radius 3 is 2.18 bits per heavy atom. The number of nitrogens with one attached hydrogen (secondary N) is 2. The van der Waals surface area contributed by atoms with E-state index in [0.29, 0.717) is 0 Å². The van der Waals surface area contributed by atoms with E-state index in [1.165, 1.54) is 0 Å². The van der Waals surface area contributed by atoms with Crippen LogP contribution in [0.2, 0.25) is 0 Å². The Labute approximate surface area is 93.8 Å². The van der Waals surface area contributed by atoms with Crippen LogP contribution in [0.25, 0.3) is 0 Å². The average molecular weight is 256 g/mol. The number of carbonyl (C=O) groups is 2. The van der Waals surface area contributed by atoms with Crippen LogP contribution < -0.4 is 10.6 Å². The number of halogens is 3. The Balaban J connectivity index is 2.54. The molecule has 1 rings (SSSR count). The van der Waals surface area contributed by atoms with Crippen LogP contribution in [0.1, 0.15) is 12.8 Å². The summed E-state index contributed by atoms with van der Waals surface area (Å²) in [5.41, 5.74) is -2.25. The SMILES string of the molecule is O=C(N[C@H](CO)C(=O)O)NC1(C(F)(F)F)CC1. The highest BCUT2D eigenvalue weighted by Gasteiger charge is 2.64. The molecule has 0 aliphatic heterocycles. The van der Waals surface area contributed by atoms with E-state index in [9.17, 15) is 22.8 Å². The van der Waals surface area contributed by atoms with Crippen LogP contribution in [-0.2, 0) is 4.79 Å². The van der Waals surface area contributed by atoms with E-state index in [1.54, 1.807) is 10.6 Å². The monoisotopic (exact) mass is 256 g/mol. The molecule has 17 heavy (non-hydrogen) atoms. The second-order valence-electron chi connectivity index (χ2n) is 3.75. The van der Waals surface area contributed by atoms with E-state index >= 15 is 0 Å². The van der Waals surface area contributed by atoms with E-state index in [0.717, 1.165) is 0 Å². The number of aliphatic hydroxyl groups is 1. The Hall–Kier alpha value is -1.51. The predicted octanol–water partition coefficient (Wildman–Crippen LogP) is -0.174. The van der Waals surface area contributed by atoms with E-state index in [-0.39, 0.29) is 12.8 Å². The number of urea groups is 1. The van der Waals surface area contributed by atoms with Gasteiger partial charge in [0.2, 0.25) is 0 Å². The summed E-state index contributed by atoms with van der Waals surface area (Å²) in [6.07, 6.45) is -5.04. The van der Waals surface area contributed by atoms with Gasteiger partial charge in [0.25, 0.3) is 0 Å². The fourth-order valence-electron chi connectivity index (χ4n) is 1.20. The van der Waals surface area contributed by atoms with Crippen molar-refractivity contribution in [2.45, 2.75) is 30.6 Å². The highest BCUT2D eigenvalue weighted by Crippen LogP contribution is 2.48. The van der Waals surface area contributed by atoms with Crippen molar-refractivity contribution in [3.63, 3.8) is 0 Å². The third-order valence-corrected chi connectivity index (χ3v) is 2.43. The zero-order valence-electron chi connectivity index (χ0n) is 8.54. The number of carboxylic acid groups (broad SMARTS) is 1. The maximum absolute atomic E-state index is 12.4. The third kappa shape index (κ3) is 2.99. The van der Waals surface area contributed by atoms with Crippen molar-refractivity contribution >= 4 is 12.0 Å². The summed E-state index contributed by atoms with van der Waals surface area (Å²) in [6, 6.07) is -2.89. The van der Waals surface area contributed by atoms with Crippen LogP contribution >= 0.6 is 0 Å². The minimum absolute atomic E-state index is 0.235. The number of aliphatic carboxylic acids is 1. The number of carbonyl (C=O) groups excluding carboxylic acids is 1. The van der Waals surface area contributed by atoms with Crippen molar-refractivity contribution < 1.29 is 33.0 Å². The molecule has 0 aromatic heterocycles. The third-order valence-electron chi connectivity index (χ3n) is 2.43. The summed E-state index contributed by atoms with van der Waals surface area (Å²) < 4.78 is 37.3. The molecule has 9 heteroatoms. The minimum Gasteiger partial charge on any atom is -0.480 e. The molecule has 1 aliphatic carbocycles. The van der Waals surface area contributed by atoms with Gasteiger partial charge in [-0.3, -0.25) is 0 Å². The number of aliphatic hydroxyl groups excluding tert-OH is 1. The molecule has 0 aromatic carbocycles. The van der Waals surface area contributed by atoms with Crippen LogP contribution in [-0.4, -0.2) is 46.6 Å². The summed E-state index contributed by atoms with van der Waals surface area (Å²) in [5, 5.41) is 20.5. The predicted molar refractivity (Wildman–Crippen MR) is 48.2 cm³/mol. The van der Waals surface area contributed by atoms with E-state index < -0.39 is 36.4 Å². The summed E-state index contributed by atoms with van der Waals surface area (Å²) in [5.74, 6) is -1.53. The van der Waals surface area contributed by atoms with Gasteiger partial charge in [-0.05, 0) is 12.8 Å². The Kier molecular flexibility index (Phi) is 3.51. The highest BCUT2D eigenvalue weighted by atomic mass is 19.4. The first kappa shape index (κ1) is 13.6. The lowest BCUT2D eigenvalue weighted by molar-refractivity contribution is -0.162. The molecule has 1 aliphatic rings. The summed E-state index contributed by atoms with van der Waals surface area (Å²) >= 11 is 0. The molecular formula is C8H11F3N2O4. The van der Waals surface area contributed by atoms with Gasteiger partial charge in [-0.2, -0.15) is 13.2 Å². The molecule has 1 atom stereocenters. The van der Waals surface area contributed by atoms with Gasteiger partial charge in [-0.15, -0.1) is 0 Å². The van der Waals surface area contributed by atoms with Gasteiger partial charge in [0.15, 0.2) is 6.04 Å². The lowest BCUT2D eigenvalue weighted by Crippen LogP contribution is -2.55. The van der Waals surface area contributed by atoms with Gasteiger partial charge in [0.05, 0.1) is 6.61 Å². The molecule has 0 unspecified atom stereocenters. The van der Waals surface area contributed by atoms with Gasteiger partial charge in [-0.25, -0.2) is 9.59 Å². The zero-order chi connectivity index (χ0) is 13.3. The number of carboxylic acids is 1. The standard InChI is InChI=1S/C8H11F3N2O4/c9-8(10,11)7(1-2-7)13-6(17)12-4(3-14)5(15)16/h4,14H,1-3H2,(H,15,16)(H2,12,13,17)/t4-/m1/s1. The molecule has 0 spiro atoms. The Bertz CT molecular complexity index is 327. The molecular weight excluding hydrogens is 245 g/mol.